The maximum Gasteiger partial charge on any atom is 0.305 e. The molecule has 0 saturated carbocycles. The van der Waals surface area contributed by atoms with E-state index in [0.29, 0.717) is 19.6 Å². The van der Waals surface area contributed by atoms with Gasteiger partial charge in [0.25, 0.3) is 0 Å². The predicted molar refractivity (Wildman–Crippen MR) is 261 cm³/mol. The van der Waals surface area contributed by atoms with Crippen molar-refractivity contribution < 1.29 is 19.0 Å². The first-order valence-electron chi connectivity index (χ1n) is 26.9. The second kappa shape index (κ2) is 53.0. The lowest BCUT2D eigenvalue weighted by molar-refractivity contribution is -0.150. The fourth-order valence-corrected chi connectivity index (χ4v) is 7.96. The van der Waals surface area contributed by atoms with Crippen LogP contribution in [0.4, 0.5) is 0 Å². The summed E-state index contributed by atoms with van der Waals surface area (Å²) in [5.41, 5.74) is 0. The van der Waals surface area contributed by atoms with E-state index in [1.54, 1.807) is 0 Å². The van der Waals surface area contributed by atoms with Crippen LogP contribution in [0, 0.1) is 0 Å². The van der Waals surface area contributed by atoms with E-state index >= 15 is 0 Å². The Hall–Kier alpha value is -1.13. The number of allylic oxidation sites excluding steroid dienone is 4. The highest BCUT2D eigenvalue weighted by molar-refractivity contribution is 5.69. The van der Waals surface area contributed by atoms with Crippen molar-refractivity contribution in [3.63, 3.8) is 0 Å². The minimum absolute atomic E-state index is 0.0766. The molecule has 0 bridgehead atoms. The Kier molecular flexibility index (Phi) is 52.0. The Bertz CT molecular complexity index is 837. The molecule has 0 aliphatic heterocycles. The number of carbonyl (C=O) groups excluding carboxylic acids is 1. The Labute approximate surface area is 371 Å². The van der Waals surface area contributed by atoms with Crippen LogP contribution in [0.3, 0.4) is 0 Å². The predicted octanol–water partition coefficient (Wildman–Crippen LogP) is 18.5. The van der Waals surface area contributed by atoms with Gasteiger partial charge in [-0.25, -0.2) is 0 Å². The smallest absolute Gasteiger partial charge is 0.305 e. The van der Waals surface area contributed by atoms with Crippen molar-refractivity contribution in [1.82, 2.24) is 0 Å². The summed E-state index contributed by atoms with van der Waals surface area (Å²) in [6.45, 7) is 9.18. The fraction of sp³-hybridized carbons (Fsp3) is 0.909. The molecule has 0 N–H and O–H groups in total. The zero-order chi connectivity index (χ0) is 42.6. The van der Waals surface area contributed by atoms with Gasteiger partial charge in [-0.15, -0.1) is 0 Å². The van der Waals surface area contributed by atoms with Gasteiger partial charge in [-0.05, 0) is 70.6 Å². The summed E-state index contributed by atoms with van der Waals surface area (Å²) in [6, 6.07) is 0. The molecule has 0 amide bonds. The van der Waals surface area contributed by atoms with Crippen LogP contribution in [0.25, 0.3) is 0 Å². The molecule has 1 unspecified atom stereocenters. The van der Waals surface area contributed by atoms with Gasteiger partial charge in [0.05, 0.1) is 6.61 Å². The largest absolute Gasteiger partial charge is 0.463 e. The van der Waals surface area contributed by atoms with Crippen molar-refractivity contribution in [2.75, 3.05) is 26.4 Å². The number of hydrogen-bond acceptors (Lipinski definition) is 4. The standard InChI is InChI=1S/C55H106O4/c1-4-7-10-13-16-19-22-25-27-29-32-35-38-41-44-47-50-57-52-54(53-59-55(56)49-46-43-40-37-34-31-24-21-18-15-12-9-6-3)58-51-48-45-42-39-36-33-30-28-26-23-20-17-14-11-8-5-2/h25-28,54H,4-24,29-53H2,1-3H3. The number of unbranched alkanes of at least 4 members (excludes halogenated alkanes) is 36. The Morgan fingerprint density at radius 3 is 1.03 bits per heavy atom. The molecule has 1 atom stereocenters. The van der Waals surface area contributed by atoms with Crippen molar-refractivity contribution in [2.24, 2.45) is 0 Å². The molecule has 0 fully saturated rings. The molecule has 0 rings (SSSR count). The number of ether oxygens (including phenoxy) is 3. The highest BCUT2D eigenvalue weighted by atomic mass is 16.6. The van der Waals surface area contributed by atoms with Crippen LogP contribution < -0.4 is 0 Å². The van der Waals surface area contributed by atoms with Crippen molar-refractivity contribution in [1.29, 1.82) is 0 Å². The third kappa shape index (κ3) is 51.1. The quantitative estimate of drug-likeness (QED) is 0.0348. The third-order valence-corrected chi connectivity index (χ3v) is 12.0. The van der Waals surface area contributed by atoms with Crippen LogP contribution in [-0.2, 0) is 19.0 Å². The lowest BCUT2D eigenvalue weighted by Gasteiger charge is -2.18. The van der Waals surface area contributed by atoms with Crippen molar-refractivity contribution in [3.8, 4) is 0 Å². The summed E-state index contributed by atoms with van der Waals surface area (Å²) in [5.74, 6) is -0.0766. The molecule has 0 aromatic rings. The van der Waals surface area contributed by atoms with E-state index in [9.17, 15) is 4.79 Å². The zero-order valence-corrected chi connectivity index (χ0v) is 40.5. The van der Waals surface area contributed by atoms with E-state index in [-0.39, 0.29) is 12.1 Å². The van der Waals surface area contributed by atoms with Gasteiger partial charge in [0.15, 0.2) is 0 Å². The van der Waals surface area contributed by atoms with Gasteiger partial charge in [-0.3, -0.25) is 4.79 Å². The molecule has 0 aromatic heterocycles. The van der Waals surface area contributed by atoms with Crippen LogP contribution in [0.1, 0.15) is 290 Å². The SMILES string of the molecule is CCCCCCCCC=CCCCCCCCCOCC(COC(=O)CCCCCCCCCCCCCCC)OCCCCCCCCC=CCCCCCCCC. The van der Waals surface area contributed by atoms with Crippen molar-refractivity contribution in [2.45, 2.75) is 297 Å². The van der Waals surface area contributed by atoms with Gasteiger partial charge >= 0.3 is 5.97 Å². The van der Waals surface area contributed by atoms with Gasteiger partial charge in [0, 0.05) is 19.6 Å². The highest BCUT2D eigenvalue weighted by Crippen LogP contribution is 2.15. The highest BCUT2D eigenvalue weighted by Gasteiger charge is 2.13. The third-order valence-electron chi connectivity index (χ3n) is 12.0. The minimum Gasteiger partial charge on any atom is -0.463 e. The number of carbonyl (C=O) groups is 1. The molecular weight excluding hydrogens is 725 g/mol. The molecule has 0 radical (unpaired) electrons. The van der Waals surface area contributed by atoms with Crippen LogP contribution in [0.15, 0.2) is 24.3 Å². The molecule has 0 aromatic carbocycles. The minimum atomic E-state index is -0.164. The molecule has 0 heterocycles. The molecular formula is C55H106O4. The van der Waals surface area contributed by atoms with E-state index in [0.717, 1.165) is 38.9 Å². The molecule has 350 valence electrons. The molecule has 0 saturated heterocycles. The van der Waals surface area contributed by atoms with Crippen LogP contribution in [-0.4, -0.2) is 38.5 Å². The summed E-state index contributed by atoms with van der Waals surface area (Å²) in [4.78, 5) is 12.6. The summed E-state index contributed by atoms with van der Waals surface area (Å²) >= 11 is 0. The second-order valence-corrected chi connectivity index (χ2v) is 18.1. The summed E-state index contributed by atoms with van der Waals surface area (Å²) in [5, 5.41) is 0. The summed E-state index contributed by atoms with van der Waals surface area (Å²) < 4.78 is 18.1. The van der Waals surface area contributed by atoms with E-state index in [4.69, 9.17) is 14.2 Å². The average Bonchev–Trinajstić information content (AvgIpc) is 3.24. The van der Waals surface area contributed by atoms with Crippen LogP contribution >= 0.6 is 0 Å². The Morgan fingerprint density at radius 1 is 0.356 bits per heavy atom. The van der Waals surface area contributed by atoms with Crippen LogP contribution in [0.5, 0.6) is 0 Å². The maximum atomic E-state index is 12.6. The Morgan fingerprint density at radius 2 is 0.661 bits per heavy atom. The van der Waals surface area contributed by atoms with Crippen molar-refractivity contribution >= 4 is 5.97 Å². The topological polar surface area (TPSA) is 44.8 Å². The van der Waals surface area contributed by atoms with Gasteiger partial charge in [-0.2, -0.15) is 0 Å². The van der Waals surface area contributed by atoms with Gasteiger partial charge < -0.3 is 14.2 Å². The first-order chi connectivity index (χ1) is 29.2. The molecule has 0 spiro atoms. The number of hydrogen-bond donors (Lipinski definition) is 0. The summed E-state index contributed by atoms with van der Waals surface area (Å²) in [7, 11) is 0. The monoisotopic (exact) mass is 831 g/mol. The van der Waals surface area contributed by atoms with Gasteiger partial charge in [0.1, 0.15) is 12.7 Å². The first kappa shape index (κ1) is 57.9. The Balaban J connectivity index is 4.13. The molecule has 0 aliphatic carbocycles. The molecule has 4 heteroatoms. The van der Waals surface area contributed by atoms with E-state index in [2.05, 4.69) is 45.1 Å². The number of rotatable bonds is 51. The van der Waals surface area contributed by atoms with E-state index in [1.807, 2.05) is 0 Å². The number of esters is 1. The van der Waals surface area contributed by atoms with E-state index < -0.39 is 0 Å². The average molecular weight is 831 g/mol. The molecule has 0 aliphatic rings. The van der Waals surface area contributed by atoms with Gasteiger partial charge in [-0.1, -0.05) is 238 Å². The van der Waals surface area contributed by atoms with Crippen molar-refractivity contribution in [3.05, 3.63) is 24.3 Å². The van der Waals surface area contributed by atoms with Gasteiger partial charge in [0.2, 0.25) is 0 Å². The molecule has 59 heavy (non-hydrogen) atoms. The first-order valence-corrected chi connectivity index (χ1v) is 26.9. The lowest BCUT2D eigenvalue weighted by atomic mass is 10.0. The maximum absolute atomic E-state index is 12.6. The lowest BCUT2D eigenvalue weighted by Crippen LogP contribution is -2.28. The zero-order valence-electron chi connectivity index (χ0n) is 40.5. The summed E-state index contributed by atoms with van der Waals surface area (Å²) in [6.07, 6.45) is 63.7. The molecule has 4 nitrogen and oxygen atoms in total. The van der Waals surface area contributed by atoms with E-state index in [1.165, 1.54) is 238 Å². The second-order valence-electron chi connectivity index (χ2n) is 18.1. The van der Waals surface area contributed by atoms with Crippen LogP contribution in [0.2, 0.25) is 0 Å². The normalized spacial score (nSPS) is 12.4. The fourth-order valence-electron chi connectivity index (χ4n) is 7.96.